The van der Waals surface area contributed by atoms with Crippen molar-refractivity contribution in [2.45, 2.75) is 23.9 Å². The molecule has 1 aliphatic rings. The number of hydrogen-bond acceptors (Lipinski definition) is 5. The fourth-order valence-corrected chi connectivity index (χ4v) is 6.34. The molecule has 0 saturated heterocycles. The van der Waals surface area contributed by atoms with Crippen LogP contribution in [0.1, 0.15) is 40.2 Å². The van der Waals surface area contributed by atoms with Gasteiger partial charge in [0.05, 0.1) is 13.5 Å². The van der Waals surface area contributed by atoms with E-state index in [-0.39, 0.29) is 18.9 Å². The van der Waals surface area contributed by atoms with Crippen LogP contribution in [0.2, 0.25) is 0 Å². The number of esters is 1. The molecule has 2 N–H and O–H groups in total. The van der Waals surface area contributed by atoms with Crippen LogP contribution < -0.4 is 10.6 Å². The lowest BCUT2D eigenvalue weighted by atomic mass is 9.77. The quantitative estimate of drug-likeness (QED) is 0.138. The van der Waals surface area contributed by atoms with Gasteiger partial charge in [-0.25, -0.2) is 9.59 Å². The first-order chi connectivity index (χ1) is 22.5. The standard InChI is InChI=1S/C39H34N2O5/c1-45-37(43)35(40-38(44)46-26-34-32-23-13-11-21-30(32)31-22-12-14-24-33(31)34)25-36(42)41-39(27-15-5-2-6-16-27,28-17-7-3-8-18-28)29-19-9-4-10-20-29/h2-24,34-35H,25-26H2,1H3,(H,40,44)(H,41,42)/t35-/m1/s1. The zero-order valence-electron chi connectivity index (χ0n) is 25.4. The normalized spacial score (nSPS) is 12.7. The van der Waals surface area contributed by atoms with Crippen molar-refractivity contribution < 1.29 is 23.9 Å². The molecule has 0 aromatic heterocycles. The van der Waals surface area contributed by atoms with E-state index in [1.54, 1.807) is 0 Å². The molecule has 0 spiro atoms. The predicted molar refractivity (Wildman–Crippen MR) is 176 cm³/mol. The number of benzene rings is 5. The van der Waals surface area contributed by atoms with Gasteiger partial charge in [0.15, 0.2) is 0 Å². The van der Waals surface area contributed by atoms with Crippen LogP contribution in [0.3, 0.4) is 0 Å². The third-order valence-electron chi connectivity index (χ3n) is 8.46. The van der Waals surface area contributed by atoms with Crippen molar-refractivity contribution in [2.75, 3.05) is 13.7 Å². The maximum Gasteiger partial charge on any atom is 0.407 e. The van der Waals surface area contributed by atoms with Gasteiger partial charge >= 0.3 is 12.1 Å². The molecule has 0 bridgehead atoms. The largest absolute Gasteiger partial charge is 0.467 e. The van der Waals surface area contributed by atoms with E-state index in [4.69, 9.17) is 9.47 Å². The van der Waals surface area contributed by atoms with E-state index in [2.05, 4.69) is 22.8 Å². The van der Waals surface area contributed by atoms with Crippen molar-refractivity contribution in [1.29, 1.82) is 0 Å². The second kappa shape index (κ2) is 13.5. The summed E-state index contributed by atoms with van der Waals surface area (Å²) in [5, 5.41) is 5.80. The minimum Gasteiger partial charge on any atom is -0.467 e. The number of methoxy groups -OCH3 is 1. The zero-order chi connectivity index (χ0) is 31.9. The van der Waals surface area contributed by atoms with Gasteiger partial charge in [0.25, 0.3) is 0 Å². The molecular formula is C39H34N2O5. The Bertz CT molecular complexity index is 1680. The molecule has 1 aliphatic carbocycles. The minimum absolute atomic E-state index is 0.0685. The lowest BCUT2D eigenvalue weighted by Gasteiger charge is -2.37. The molecule has 6 rings (SSSR count). The molecule has 2 amide bonds. The Morgan fingerprint density at radius 2 is 1.09 bits per heavy atom. The number of hydrogen-bond donors (Lipinski definition) is 2. The van der Waals surface area contributed by atoms with E-state index < -0.39 is 29.6 Å². The Balaban J connectivity index is 1.22. The number of carbonyl (C=O) groups is 3. The van der Waals surface area contributed by atoms with Crippen molar-refractivity contribution in [1.82, 2.24) is 10.6 Å². The smallest absolute Gasteiger partial charge is 0.407 e. The molecule has 7 nitrogen and oxygen atoms in total. The van der Waals surface area contributed by atoms with Gasteiger partial charge in [-0.3, -0.25) is 4.79 Å². The molecule has 5 aromatic carbocycles. The summed E-state index contributed by atoms with van der Waals surface area (Å²) >= 11 is 0. The number of alkyl carbamates (subject to hydrolysis) is 1. The van der Waals surface area contributed by atoms with Gasteiger partial charge in [0.1, 0.15) is 18.2 Å². The van der Waals surface area contributed by atoms with Crippen LogP contribution in [0, 0.1) is 0 Å². The zero-order valence-corrected chi connectivity index (χ0v) is 25.4. The van der Waals surface area contributed by atoms with Crippen LogP contribution in [-0.4, -0.2) is 37.7 Å². The number of nitrogens with one attached hydrogen (secondary N) is 2. The van der Waals surface area contributed by atoms with Crippen LogP contribution in [0.15, 0.2) is 140 Å². The third-order valence-corrected chi connectivity index (χ3v) is 8.46. The summed E-state index contributed by atoms with van der Waals surface area (Å²) in [6.45, 7) is 0.0685. The molecular weight excluding hydrogens is 576 g/mol. The third kappa shape index (κ3) is 6.00. The van der Waals surface area contributed by atoms with Gasteiger partial charge in [-0.15, -0.1) is 0 Å². The highest BCUT2D eigenvalue weighted by atomic mass is 16.6. The van der Waals surface area contributed by atoms with Gasteiger partial charge in [0.2, 0.25) is 5.91 Å². The van der Waals surface area contributed by atoms with Crippen molar-refractivity contribution in [3.63, 3.8) is 0 Å². The Labute approximate surface area is 268 Å². The highest BCUT2D eigenvalue weighted by Crippen LogP contribution is 2.44. The van der Waals surface area contributed by atoms with Crippen LogP contribution in [0.4, 0.5) is 4.79 Å². The first-order valence-electron chi connectivity index (χ1n) is 15.2. The molecule has 7 heteroatoms. The highest BCUT2D eigenvalue weighted by Gasteiger charge is 2.39. The number of fused-ring (bicyclic) bond motifs is 3. The Morgan fingerprint density at radius 1 is 0.652 bits per heavy atom. The molecule has 1 atom stereocenters. The topological polar surface area (TPSA) is 93.7 Å². The summed E-state index contributed by atoms with van der Waals surface area (Å²) in [5.41, 5.74) is 5.77. The number of amides is 2. The number of ether oxygens (including phenoxy) is 2. The lowest BCUT2D eigenvalue weighted by molar-refractivity contribution is -0.144. The summed E-state index contributed by atoms with van der Waals surface area (Å²) < 4.78 is 10.6. The van der Waals surface area contributed by atoms with Gasteiger partial charge in [0, 0.05) is 5.92 Å². The van der Waals surface area contributed by atoms with E-state index in [0.717, 1.165) is 38.9 Å². The van der Waals surface area contributed by atoms with Crippen LogP contribution in [0.5, 0.6) is 0 Å². The van der Waals surface area contributed by atoms with E-state index in [9.17, 15) is 14.4 Å². The van der Waals surface area contributed by atoms with Crippen LogP contribution >= 0.6 is 0 Å². The van der Waals surface area contributed by atoms with Gasteiger partial charge in [-0.1, -0.05) is 140 Å². The van der Waals surface area contributed by atoms with Crippen molar-refractivity contribution in [3.05, 3.63) is 167 Å². The van der Waals surface area contributed by atoms with Crippen molar-refractivity contribution in [2.24, 2.45) is 0 Å². The molecule has 0 saturated carbocycles. The Hall–Kier alpha value is -5.69. The lowest BCUT2D eigenvalue weighted by Crippen LogP contribution is -2.51. The fourth-order valence-electron chi connectivity index (χ4n) is 6.34. The predicted octanol–water partition coefficient (Wildman–Crippen LogP) is 6.57. The summed E-state index contributed by atoms with van der Waals surface area (Å²) in [5.74, 6) is -1.37. The number of carbonyl (C=O) groups excluding carboxylic acids is 3. The van der Waals surface area contributed by atoms with E-state index in [0.29, 0.717) is 0 Å². The molecule has 46 heavy (non-hydrogen) atoms. The maximum absolute atomic E-state index is 13.9. The van der Waals surface area contributed by atoms with Crippen LogP contribution in [-0.2, 0) is 24.6 Å². The van der Waals surface area contributed by atoms with Gasteiger partial charge in [-0.2, -0.15) is 0 Å². The minimum atomic E-state index is -1.28. The second-order valence-corrected chi connectivity index (χ2v) is 11.1. The molecule has 0 unspecified atom stereocenters. The molecule has 0 heterocycles. The van der Waals surface area contributed by atoms with Crippen molar-refractivity contribution >= 4 is 18.0 Å². The SMILES string of the molecule is COC(=O)[C@@H](CC(=O)NC(c1ccccc1)(c1ccccc1)c1ccccc1)NC(=O)OCC1c2ccccc2-c2ccccc21. The molecule has 230 valence electrons. The average Bonchev–Trinajstić information content (AvgIpc) is 3.43. The van der Waals surface area contributed by atoms with E-state index in [1.165, 1.54) is 7.11 Å². The van der Waals surface area contributed by atoms with E-state index >= 15 is 0 Å². The Morgan fingerprint density at radius 3 is 1.54 bits per heavy atom. The summed E-state index contributed by atoms with van der Waals surface area (Å²) in [6, 6.07) is 43.7. The van der Waals surface area contributed by atoms with E-state index in [1.807, 2.05) is 127 Å². The summed E-state index contributed by atoms with van der Waals surface area (Å²) in [6.07, 6.45) is -1.18. The summed E-state index contributed by atoms with van der Waals surface area (Å²) in [4.78, 5) is 39.9. The average molecular weight is 611 g/mol. The van der Waals surface area contributed by atoms with Gasteiger partial charge < -0.3 is 20.1 Å². The molecule has 0 aliphatic heterocycles. The molecule has 0 fully saturated rings. The first kappa shape index (κ1) is 30.3. The second-order valence-electron chi connectivity index (χ2n) is 11.1. The Kier molecular flexibility index (Phi) is 8.92. The fraction of sp³-hybridized carbons (Fsp3) is 0.154. The monoisotopic (exact) mass is 610 g/mol. The summed E-state index contributed by atoms with van der Waals surface area (Å²) in [7, 11) is 1.22. The molecule has 5 aromatic rings. The van der Waals surface area contributed by atoms with Crippen LogP contribution in [0.25, 0.3) is 11.1 Å². The molecule has 0 radical (unpaired) electrons. The van der Waals surface area contributed by atoms with Crippen molar-refractivity contribution in [3.8, 4) is 11.1 Å². The van der Waals surface area contributed by atoms with Gasteiger partial charge in [-0.05, 0) is 38.9 Å². The maximum atomic E-state index is 13.9. The first-order valence-corrected chi connectivity index (χ1v) is 15.2. The number of rotatable bonds is 10. The highest BCUT2D eigenvalue weighted by molar-refractivity contribution is 5.89.